The molecule has 1 aliphatic heterocycles. The quantitative estimate of drug-likeness (QED) is 0.302. The summed E-state index contributed by atoms with van der Waals surface area (Å²) in [5, 5.41) is 19.0. The molecule has 10 heteroatoms. The normalized spacial score (nSPS) is 12.7. The molecule has 5 aromatic rings. The molecule has 2 aromatic heterocycles. The summed E-state index contributed by atoms with van der Waals surface area (Å²) in [6, 6.07) is 18.9. The molecule has 4 bridgehead atoms. The number of nitrogens with zero attached hydrogens (tertiary/aromatic N) is 4. The number of pyridine rings is 1. The number of carboxylic acid groups (broad SMARTS) is 1. The van der Waals surface area contributed by atoms with Crippen LogP contribution in [0.5, 0.6) is 11.6 Å². The van der Waals surface area contributed by atoms with E-state index in [0.717, 1.165) is 16.7 Å². The van der Waals surface area contributed by atoms with E-state index >= 15 is 4.39 Å². The van der Waals surface area contributed by atoms with Crippen LogP contribution >= 0.6 is 0 Å². The minimum atomic E-state index is -1.08. The van der Waals surface area contributed by atoms with Gasteiger partial charge >= 0.3 is 5.97 Å². The Morgan fingerprint density at radius 2 is 1.90 bits per heavy atom. The molecule has 3 aromatic carbocycles. The van der Waals surface area contributed by atoms with Gasteiger partial charge in [0.25, 0.3) is 0 Å². The van der Waals surface area contributed by atoms with Gasteiger partial charge in [-0.2, -0.15) is 5.26 Å². The smallest absolute Gasteiger partial charge is 0.335 e. The number of aromatic nitrogens is 3. The van der Waals surface area contributed by atoms with Crippen molar-refractivity contribution in [2.24, 2.45) is 7.05 Å². The number of hydrogen-bond donors (Lipinski definition) is 1. The fourth-order valence-electron chi connectivity index (χ4n) is 5.10. The highest BCUT2D eigenvalue weighted by molar-refractivity contribution is 5.95. The van der Waals surface area contributed by atoms with Crippen LogP contribution in [0.1, 0.15) is 44.0 Å². The first kappa shape index (κ1) is 26.9. The van der Waals surface area contributed by atoms with Gasteiger partial charge in [-0.1, -0.05) is 12.1 Å². The first-order valence-electron chi connectivity index (χ1n) is 13.1. The number of aromatic carboxylic acids is 1. The second-order valence-electron chi connectivity index (χ2n) is 9.95. The van der Waals surface area contributed by atoms with Crippen LogP contribution in [0.15, 0.2) is 60.7 Å². The third-order valence-corrected chi connectivity index (χ3v) is 7.37. The average molecular weight is 565 g/mol. The van der Waals surface area contributed by atoms with Crippen LogP contribution in [-0.2, 0) is 38.0 Å². The van der Waals surface area contributed by atoms with Crippen molar-refractivity contribution in [2.75, 3.05) is 7.11 Å². The van der Waals surface area contributed by atoms with Crippen molar-refractivity contribution in [3.8, 4) is 29.0 Å². The maximum atomic E-state index is 15.7. The van der Waals surface area contributed by atoms with Gasteiger partial charge < -0.3 is 23.9 Å². The predicted octanol–water partition coefficient (Wildman–Crippen LogP) is 5.55. The monoisotopic (exact) mass is 564 g/mol. The summed E-state index contributed by atoms with van der Waals surface area (Å²) in [5.41, 5.74) is 5.47. The van der Waals surface area contributed by atoms with Crippen molar-refractivity contribution in [1.82, 2.24) is 14.5 Å². The molecule has 0 unspecified atom stereocenters. The van der Waals surface area contributed by atoms with Crippen LogP contribution in [0.3, 0.4) is 0 Å². The summed E-state index contributed by atoms with van der Waals surface area (Å²) in [4.78, 5) is 20.9. The molecule has 1 aliphatic rings. The third kappa shape index (κ3) is 5.02. The largest absolute Gasteiger partial charge is 0.494 e. The van der Waals surface area contributed by atoms with E-state index in [4.69, 9.17) is 19.2 Å². The Kier molecular flexibility index (Phi) is 7.02. The molecular formula is C32H25FN4O5. The number of carbonyl (C=O) groups is 1. The van der Waals surface area contributed by atoms with Crippen LogP contribution in [0.4, 0.5) is 4.39 Å². The Hall–Kier alpha value is -5.27. The van der Waals surface area contributed by atoms with E-state index in [1.165, 1.54) is 19.2 Å². The molecule has 0 saturated heterocycles. The predicted molar refractivity (Wildman–Crippen MR) is 151 cm³/mol. The average Bonchev–Trinajstić information content (AvgIpc) is 3.31. The molecule has 0 aliphatic carbocycles. The van der Waals surface area contributed by atoms with Gasteiger partial charge in [0.1, 0.15) is 29.5 Å². The molecule has 1 N–H and O–H groups in total. The van der Waals surface area contributed by atoms with E-state index in [1.54, 1.807) is 54.1 Å². The third-order valence-electron chi connectivity index (χ3n) is 7.37. The minimum Gasteiger partial charge on any atom is -0.494 e. The standard InChI is InChI=1S/C32H25FN4O5/c1-37-27-11-21(32(38)39)12-28(40-2)31(27)36-29(37)13-20-10-25(33)24-9-23(20)16-41-15-22-8-18(14-34)6-7-19(22)17-42-30-5-3-4-26(24)35-30/h3-12H,13,15-17H2,1-2H3,(H,38,39). The summed E-state index contributed by atoms with van der Waals surface area (Å²) in [6.07, 6.45) is 0.248. The Labute approximate surface area is 240 Å². The van der Waals surface area contributed by atoms with Crippen LogP contribution in [0, 0.1) is 17.1 Å². The Morgan fingerprint density at radius 3 is 2.69 bits per heavy atom. The van der Waals surface area contributed by atoms with Crippen molar-refractivity contribution < 1.29 is 28.5 Å². The van der Waals surface area contributed by atoms with Crippen LogP contribution in [0.2, 0.25) is 0 Å². The Morgan fingerprint density at radius 1 is 1.07 bits per heavy atom. The maximum Gasteiger partial charge on any atom is 0.335 e. The van der Waals surface area contributed by atoms with E-state index in [0.29, 0.717) is 50.9 Å². The molecule has 0 spiro atoms. The van der Waals surface area contributed by atoms with Crippen LogP contribution in [0.25, 0.3) is 22.3 Å². The molecule has 0 saturated carbocycles. The number of aryl methyl sites for hydroxylation is 1. The van der Waals surface area contributed by atoms with Gasteiger partial charge in [0.05, 0.1) is 48.7 Å². The number of methoxy groups -OCH3 is 1. The molecule has 0 amide bonds. The highest BCUT2D eigenvalue weighted by atomic mass is 19.1. The number of hydrogen-bond acceptors (Lipinski definition) is 7. The molecule has 3 heterocycles. The van der Waals surface area contributed by atoms with Crippen molar-refractivity contribution >= 4 is 17.0 Å². The molecule has 210 valence electrons. The van der Waals surface area contributed by atoms with Gasteiger partial charge in [-0.3, -0.25) is 0 Å². The van der Waals surface area contributed by atoms with Gasteiger partial charge in [-0.05, 0) is 64.7 Å². The van der Waals surface area contributed by atoms with Crippen molar-refractivity contribution in [3.63, 3.8) is 0 Å². The van der Waals surface area contributed by atoms with Gasteiger partial charge in [0, 0.05) is 25.1 Å². The number of rotatable bonds is 4. The summed E-state index contributed by atoms with van der Waals surface area (Å²) >= 11 is 0. The van der Waals surface area contributed by atoms with Gasteiger partial charge in [-0.15, -0.1) is 0 Å². The fraction of sp³-hybridized carbons (Fsp3) is 0.188. The summed E-state index contributed by atoms with van der Waals surface area (Å²) in [6.45, 7) is 0.592. The van der Waals surface area contributed by atoms with Crippen molar-refractivity contribution in [1.29, 1.82) is 5.26 Å². The molecular weight excluding hydrogens is 539 g/mol. The van der Waals surface area contributed by atoms with E-state index in [9.17, 15) is 15.2 Å². The lowest BCUT2D eigenvalue weighted by Gasteiger charge is -2.14. The van der Waals surface area contributed by atoms with Crippen molar-refractivity contribution in [2.45, 2.75) is 26.2 Å². The first-order chi connectivity index (χ1) is 20.3. The Balaban J connectivity index is 1.44. The minimum absolute atomic E-state index is 0.0780. The number of nitriles is 1. The SMILES string of the molecule is COc1cc(C(=O)O)cc2c1nc(Cc1cc(F)c3cc1COCc1cc(C#N)ccc1COc1cccc-3n1)n2C. The molecule has 0 fully saturated rings. The second-order valence-corrected chi connectivity index (χ2v) is 9.95. The summed E-state index contributed by atoms with van der Waals surface area (Å²) in [7, 11) is 3.24. The summed E-state index contributed by atoms with van der Waals surface area (Å²) < 4.78 is 34.9. The lowest BCUT2D eigenvalue weighted by Crippen LogP contribution is -2.06. The van der Waals surface area contributed by atoms with Gasteiger partial charge in [-0.25, -0.2) is 19.2 Å². The maximum absolute atomic E-state index is 15.7. The van der Waals surface area contributed by atoms with Gasteiger partial charge in [0.2, 0.25) is 5.88 Å². The lowest BCUT2D eigenvalue weighted by atomic mass is 9.99. The number of halogens is 1. The zero-order chi connectivity index (χ0) is 29.4. The van der Waals surface area contributed by atoms with E-state index in [-0.39, 0.29) is 31.8 Å². The Bertz CT molecular complexity index is 1910. The van der Waals surface area contributed by atoms with Crippen LogP contribution < -0.4 is 9.47 Å². The van der Waals surface area contributed by atoms with Crippen LogP contribution in [-0.4, -0.2) is 32.7 Å². The zero-order valence-electron chi connectivity index (χ0n) is 22.8. The molecule has 6 rings (SSSR count). The first-order valence-corrected chi connectivity index (χ1v) is 13.1. The second kappa shape index (κ2) is 11.0. The highest BCUT2D eigenvalue weighted by Crippen LogP contribution is 2.32. The molecule has 42 heavy (non-hydrogen) atoms. The number of fused-ring (bicyclic) bond motifs is 7. The van der Waals surface area contributed by atoms with E-state index in [2.05, 4.69) is 11.1 Å². The topological polar surface area (TPSA) is 119 Å². The molecule has 0 radical (unpaired) electrons. The molecule has 0 atom stereocenters. The summed E-state index contributed by atoms with van der Waals surface area (Å²) in [5.74, 6) is -0.256. The number of carboxylic acids is 1. The molecule has 9 nitrogen and oxygen atoms in total. The fourth-order valence-corrected chi connectivity index (χ4v) is 5.10. The number of imidazole rings is 1. The zero-order valence-corrected chi connectivity index (χ0v) is 22.8. The van der Waals surface area contributed by atoms with E-state index in [1.807, 2.05) is 6.07 Å². The van der Waals surface area contributed by atoms with E-state index < -0.39 is 11.8 Å². The van der Waals surface area contributed by atoms with Crippen molar-refractivity contribution in [3.05, 3.63) is 106 Å². The number of ether oxygens (including phenoxy) is 3. The number of benzene rings is 3. The highest BCUT2D eigenvalue weighted by Gasteiger charge is 2.20. The van der Waals surface area contributed by atoms with Gasteiger partial charge in [0.15, 0.2) is 0 Å². The lowest BCUT2D eigenvalue weighted by molar-refractivity contribution is 0.0696.